The molecule has 3 rings (SSSR count). The van der Waals surface area contributed by atoms with Crippen LogP contribution in [0.5, 0.6) is 11.5 Å². The smallest absolute Gasteiger partial charge is 0.205 e. The molecule has 0 heterocycles. The standard InChI is InChI=1S/C27H38O7S2/c1-4-6-8-10-12-35-24-21(30)17-18(22(31)25(24)36-13-11-9-7-5-2)20(29)16-15(19(17)28)14-27(3,34)26(33)23(16)32/h23,26,28-29,32-34H,4-14H2,1-3H3. The van der Waals surface area contributed by atoms with Crippen molar-refractivity contribution >= 4 is 35.1 Å². The van der Waals surface area contributed by atoms with E-state index in [1.165, 1.54) is 30.4 Å². The van der Waals surface area contributed by atoms with Gasteiger partial charge >= 0.3 is 0 Å². The normalized spacial score (nSPS) is 23.7. The van der Waals surface area contributed by atoms with Crippen LogP contribution in [-0.4, -0.2) is 60.3 Å². The number of carbonyl (C=O) groups excluding carboxylic acids is 2. The molecule has 0 fully saturated rings. The lowest BCUT2D eigenvalue weighted by Crippen LogP contribution is -2.48. The first kappa shape index (κ1) is 29.0. The third kappa shape index (κ3) is 5.65. The number of unbranched alkanes of at least 4 members (excludes halogenated alkanes) is 6. The third-order valence-corrected chi connectivity index (χ3v) is 9.39. The highest BCUT2D eigenvalue weighted by atomic mass is 32.2. The van der Waals surface area contributed by atoms with Crippen LogP contribution in [0.15, 0.2) is 9.81 Å². The summed E-state index contributed by atoms with van der Waals surface area (Å²) in [6.07, 6.45) is 4.47. The maximum atomic E-state index is 13.7. The summed E-state index contributed by atoms with van der Waals surface area (Å²) in [5.74, 6) is -0.938. The van der Waals surface area contributed by atoms with E-state index < -0.39 is 40.9 Å². The van der Waals surface area contributed by atoms with E-state index in [2.05, 4.69) is 13.8 Å². The highest BCUT2D eigenvalue weighted by molar-refractivity contribution is 8.08. The van der Waals surface area contributed by atoms with Crippen LogP contribution in [0.2, 0.25) is 0 Å². The summed E-state index contributed by atoms with van der Waals surface area (Å²) in [7, 11) is 0. The number of hydrogen-bond acceptors (Lipinski definition) is 9. The number of aliphatic hydroxyl groups is 3. The van der Waals surface area contributed by atoms with Gasteiger partial charge in [0.2, 0.25) is 11.6 Å². The van der Waals surface area contributed by atoms with Crippen LogP contribution < -0.4 is 0 Å². The van der Waals surface area contributed by atoms with Gasteiger partial charge in [0.05, 0.1) is 26.5 Å². The molecule has 200 valence electrons. The van der Waals surface area contributed by atoms with Crippen molar-refractivity contribution in [3.05, 3.63) is 32.1 Å². The number of benzene rings is 1. The average molecular weight is 539 g/mol. The van der Waals surface area contributed by atoms with E-state index in [9.17, 15) is 35.1 Å². The number of rotatable bonds is 12. The Balaban J connectivity index is 2.05. The summed E-state index contributed by atoms with van der Waals surface area (Å²) in [6, 6.07) is 0. The number of thioether (sulfide) groups is 2. The molecule has 7 nitrogen and oxygen atoms in total. The number of Topliss-reactive ketones (excluding diaryl/α,β-unsaturated/α-hetero) is 2. The molecular weight excluding hydrogens is 500 g/mol. The predicted octanol–water partition coefficient (Wildman–Crippen LogP) is 5.02. The SMILES string of the molecule is CCCCCCSC1=C(SCCCCCC)C(=O)c2c(O)c3c(c(O)c2C1=O)CC(C)(O)C(O)C3O. The fourth-order valence-corrected chi connectivity index (χ4v) is 7.17. The number of phenols is 2. The van der Waals surface area contributed by atoms with Gasteiger partial charge in [-0.15, -0.1) is 23.5 Å². The Morgan fingerprint density at radius 2 is 1.28 bits per heavy atom. The van der Waals surface area contributed by atoms with Crippen molar-refractivity contribution in [2.24, 2.45) is 0 Å². The highest BCUT2D eigenvalue weighted by Crippen LogP contribution is 2.52. The number of ketones is 2. The van der Waals surface area contributed by atoms with Gasteiger partial charge in [0.1, 0.15) is 23.7 Å². The van der Waals surface area contributed by atoms with Crippen LogP contribution in [-0.2, 0) is 6.42 Å². The molecule has 0 amide bonds. The van der Waals surface area contributed by atoms with Gasteiger partial charge in [-0.2, -0.15) is 0 Å². The fraction of sp³-hybridized carbons (Fsp3) is 0.630. The molecule has 3 atom stereocenters. The first-order valence-corrected chi connectivity index (χ1v) is 14.8. The van der Waals surface area contributed by atoms with Gasteiger partial charge in [-0.05, 0) is 31.3 Å². The summed E-state index contributed by atoms with van der Waals surface area (Å²) in [5, 5.41) is 53.8. The Kier molecular flexibility index (Phi) is 9.96. The monoisotopic (exact) mass is 538 g/mol. The van der Waals surface area contributed by atoms with E-state index in [0.29, 0.717) is 11.5 Å². The molecule has 36 heavy (non-hydrogen) atoms. The summed E-state index contributed by atoms with van der Waals surface area (Å²) >= 11 is 2.61. The van der Waals surface area contributed by atoms with E-state index in [1.807, 2.05) is 0 Å². The molecule has 9 heteroatoms. The zero-order chi connectivity index (χ0) is 26.6. The molecule has 5 N–H and O–H groups in total. The van der Waals surface area contributed by atoms with Crippen molar-refractivity contribution in [2.75, 3.05) is 11.5 Å². The molecular formula is C27H38O7S2. The largest absolute Gasteiger partial charge is 0.507 e. The van der Waals surface area contributed by atoms with Crippen LogP contribution in [0.1, 0.15) is 110 Å². The lowest BCUT2D eigenvalue weighted by Gasteiger charge is -2.39. The molecule has 1 aromatic rings. The predicted molar refractivity (Wildman–Crippen MR) is 144 cm³/mol. The second-order valence-electron chi connectivity index (χ2n) is 9.90. The van der Waals surface area contributed by atoms with Crippen LogP contribution in [0.4, 0.5) is 0 Å². The Bertz CT molecular complexity index is 1030. The first-order chi connectivity index (χ1) is 17.1. The molecule has 0 radical (unpaired) electrons. The fourth-order valence-electron chi connectivity index (χ4n) is 4.79. The van der Waals surface area contributed by atoms with E-state index in [-0.39, 0.29) is 38.5 Å². The number of fused-ring (bicyclic) bond motifs is 2. The number of carbonyl (C=O) groups is 2. The molecule has 2 aliphatic carbocycles. The molecule has 0 saturated carbocycles. The van der Waals surface area contributed by atoms with Crippen molar-refractivity contribution in [3.63, 3.8) is 0 Å². The van der Waals surface area contributed by atoms with Crippen LogP contribution in [0.3, 0.4) is 0 Å². The zero-order valence-corrected chi connectivity index (χ0v) is 22.9. The summed E-state index contributed by atoms with van der Waals surface area (Å²) in [6.45, 7) is 5.54. The molecule has 0 aromatic heterocycles. The maximum absolute atomic E-state index is 13.7. The second kappa shape index (κ2) is 12.3. The highest BCUT2D eigenvalue weighted by Gasteiger charge is 2.48. The minimum absolute atomic E-state index is 0.0295. The van der Waals surface area contributed by atoms with Gasteiger partial charge in [-0.1, -0.05) is 52.4 Å². The Morgan fingerprint density at radius 1 is 0.806 bits per heavy atom. The summed E-state index contributed by atoms with van der Waals surface area (Å²) in [5.41, 5.74) is -2.66. The number of allylic oxidation sites excluding steroid dienone is 2. The van der Waals surface area contributed by atoms with Gasteiger partial charge in [0, 0.05) is 17.5 Å². The molecule has 1 aromatic carbocycles. The first-order valence-electron chi connectivity index (χ1n) is 12.9. The lowest BCUT2D eigenvalue weighted by molar-refractivity contribution is -0.126. The van der Waals surface area contributed by atoms with Crippen LogP contribution in [0, 0.1) is 0 Å². The topological polar surface area (TPSA) is 135 Å². The van der Waals surface area contributed by atoms with Crippen molar-refractivity contribution in [1.82, 2.24) is 0 Å². The van der Waals surface area contributed by atoms with E-state index in [1.54, 1.807) is 0 Å². The number of aliphatic hydroxyl groups excluding tert-OH is 2. The quantitative estimate of drug-likeness (QED) is 0.184. The molecule has 0 aliphatic heterocycles. The number of phenolic OH excluding ortho intramolecular Hbond substituents is 2. The minimum Gasteiger partial charge on any atom is -0.507 e. The lowest BCUT2D eigenvalue weighted by atomic mass is 9.74. The molecule has 0 saturated heterocycles. The van der Waals surface area contributed by atoms with E-state index in [4.69, 9.17) is 0 Å². The van der Waals surface area contributed by atoms with Crippen molar-refractivity contribution in [3.8, 4) is 11.5 Å². The Labute approximate surface area is 221 Å². The Morgan fingerprint density at radius 3 is 1.75 bits per heavy atom. The number of hydrogen-bond donors (Lipinski definition) is 5. The average Bonchev–Trinajstić information content (AvgIpc) is 2.83. The van der Waals surface area contributed by atoms with Crippen molar-refractivity contribution < 1.29 is 35.1 Å². The van der Waals surface area contributed by atoms with E-state index >= 15 is 0 Å². The third-order valence-electron chi connectivity index (χ3n) is 6.92. The van der Waals surface area contributed by atoms with E-state index in [0.717, 1.165) is 51.4 Å². The number of aromatic hydroxyl groups is 2. The van der Waals surface area contributed by atoms with Crippen molar-refractivity contribution in [2.45, 2.75) is 96.4 Å². The molecule has 0 bridgehead atoms. The zero-order valence-electron chi connectivity index (χ0n) is 21.3. The van der Waals surface area contributed by atoms with Gasteiger partial charge in [-0.3, -0.25) is 9.59 Å². The van der Waals surface area contributed by atoms with Gasteiger partial charge < -0.3 is 25.5 Å². The van der Waals surface area contributed by atoms with Crippen molar-refractivity contribution in [1.29, 1.82) is 0 Å². The van der Waals surface area contributed by atoms with Gasteiger partial charge in [-0.25, -0.2) is 0 Å². The molecule has 0 spiro atoms. The molecule has 2 aliphatic rings. The summed E-state index contributed by atoms with van der Waals surface area (Å²) < 4.78 is 0. The Hall–Kier alpha value is -1.52. The van der Waals surface area contributed by atoms with Gasteiger partial charge in [0.15, 0.2) is 0 Å². The van der Waals surface area contributed by atoms with Crippen LogP contribution >= 0.6 is 23.5 Å². The van der Waals surface area contributed by atoms with Gasteiger partial charge in [0.25, 0.3) is 0 Å². The second-order valence-corrected chi connectivity index (χ2v) is 12.1. The minimum atomic E-state index is -1.79. The maximum Gasteiger partial charge on any atom is 0.205 e. The molecule has 3 unspecified atom stereocenters. The summed E-state index contributed by atoms with van der Waals surface area (Å²) in [4.78, 5) is 27.9. The van der Waals surface area contributed by atoms with Crippen LogP contribution in [0.25, 0.3) is 0 Å².